The number of rotatable bonds is 7. The van der Waals surface area contributed by atoms with E-state index in [1.165, 1.54) is 30.5 Å². The molecular formula is C25H23N5O6. The second-order valence-corrected chi connectivity index (χ2v) is 8.15. The molecule has 36 heavy (non-hydrogen) atoms. The van der Waals surface area contributed by atoms with Crippen molar-refractivity contribution in [3.05, 3.63) is 70.8 Å². The van der Waals surface area contributed by atoms with E-state index in [1.807, 2.05) is 6.92 Å². The number of nitrogens with one attached hydrogen (secondary N) is 2. The van der Waals surface area contributed by atoms with E-state index >= 15 is 0 Å². The lowest BCUT2D eigenvalue weighted by molar-refractivity contribution is -0.130. The van der Waals surface area contributed by atoms with Crippen molar-refractivity contribution in [3.8, 4) is 6.07 Å². The summed E-state index contributed by atoms with van der Waals surface area (Å²) >= 11 is 0. The van der Waals surface area contributed by atoms with Crippen LogP contribution in [0.3, 0.4) is 0 Å². The number of anilines is 2. The molecule has 2 aromatic heterocycles. The summed E-state index contributed by atoms with van der Waals surface area (Å²) in [6, 6.07) is 11.5. The van der Waals surface area contributed by atoms with E-state index < -0.39 is 18.5 Å². The largest absolute Gasteiger partial charge is 0.467 e. The van der Waals surface area contributed by atoms with Crippen LogP contribution in [-0.2, 0) is 25.7 Å². The fourth-order valence-corrected chi connectivity index (χ4v) is 3.80. The van der Waals surface area contributed by atoms with Crippen molar-refractivity contribution in [1.29, 1.82) is 5.26 Å². The Morgan fingerprint density at radius 2 is 1.92 bits per heavy atom. The first kappa shape index (κ1) is 24.3. The second kappa shape index (κ2) is 10.2. The van der Waals surface area contributed by atoms with Gasteiger partial charge in [0, 0.05) is 18.5 Å². The number of carbonyl (C=O) groups excluding carboxylic acids is 4. The molecule has 1 aromatic carbocycles. The predicted molar refractivity (Wildman–Crippen MR) is 127 cm³/mol. The molecule has 1 saturated heterocycles. The molecule has 11 nitrogen and oxygen atoms in total. The van der Waals surface area contributed by atoms with Gasteiger partial charge in [0.15, 0.2) is 6.61 Å². The average Bonchev–Trinajstić information content (AvgIpc) is 3.47. The summed E-state index contributed by atoms with van der Waals surface area (Å²) < 4.78 is 12.3. The third-order valence-electron chi connectivity index (χ3n) is 5.84. The maximum atomic E-state index is 12.6. The third kappa shape index (κ3) is 4.97. The van der Waals surface area contributed by atoms with Gasteiger partial charge in [-0.3, -0.25) is 19.8 Å². The Balaban J connectivity index is 1.40. The highest BCUT2D eigenvalue weighted by Crippen LogP contribution is 2.27. The van der Waals surface area contributed by atoms with Gasteiger partial charge in [0.25, 0.3) is 5.91 Å². The summed E-state index contributed by atoms with van der Waals surface area (Å²) in [6.07, 6.45) is 1.77. The highest BCUT2D eigenvalue weighted by molar-refractivity contribution is 6.01. The molecule has 0 saturated carbocycles. The van der Waals surface area contributed by atoms with Gasteiger partial charge in [0.1, 0.15) is 17.6 Å². The summed E-state index contributed by atoms with van der Waals surface area (Å²) in [7, 11) is 0. The molecule has 4 rings (SSSR count). The minimum Gasteiger partial charge on any atom is -0.467 e. The first-order valence-corrected chi connectivity index (χ1v) is 11.1. The standard InChI is InChI=1S/C25H23N5O6/c1-15-16(2)29(13-19-4-3-11-35-19)24(20(15)12-26)27-22(32)14-36-25(34)17-5-7-18(8-6-17)30-23(33)10-9-21(31)28-30/h3-8,11H,9-10,13-14H2,1-2H3,(H,27,32)(H,28,31). The van der Waals surface area contributed by atoms with E-state index in [9.17, 15) is 24.4 Å². The molecule has 0 aliphatic carbocycles. The number of furan rings is 1. The molecular weight excluding hydrogens is 466 g/mol. The second-order valence-electron chi connectivity index (χ2n) is 8.15. The Kier molecular flexibility index (Phi) is 6.87. The number of aromatic nitrogens is 1. The van der Waals surface area contributed by atoms with Crippen molar-refractivity contribution in [2.75, 3.05) is 16.9 Å². The number of carbonyl (C=O) groups is 4. The van der Waals surface area contributed by atoms with E-state index in [1.54, 1.807) is 23.6 Å². The number of amides is 3. The smallest absolute Gasteiger partial charge is 0.338 e. The maximum Gasteiger partial charge on any atom is 0.338 e. The number of hydrazine groups is 1. The monoisotopic (exact) mass is 489 g/mol. The Bertz CT molecular complexity index is 1370. The van der Waals surface area contributed by atoms with E-state index in [2.05, 4.69) is 16.8 Å². The molecule has 3 aromatic rings. The van der Waals surface area contributed by atoms with Crippen molar-refractivity contribution in [2.45, 2.75) is 33.2 Å². The van der Waals surface area contributed by atoms with Crippen LogP contribution < -0.4 is 15.8 Å². The summed E-state index contributed by atoms with van der Waals surface area (Å²) in [5.41, 5.74) is 4.86. The van der Waals surface area contributed by atoms with Gasteiger partial charge in [-0.05, 0) is 55.8 Å². The third-order valence-corrected chi connectivity index (χ3v) is 5.84. The van der Waals surface area contributed by atoms with Gasteiger partial charge in [-0.2, -0.15) is 5.26 Å². The molecule has 184 valence electrons. The fraction of sp³-hybridized carbons (Fsp3) is 0.240. The SMILES string of the molecule is Cc1c(C#N)c(NC(=O)COC(=O)c2ccc(N3NC(=O)CCC3=O)cc2)n(Cc2ccco2)c1C. The number of ether oxygens (including phenoxy) is 1. The van der Waals surface area contributed by atoms with Gasteiger partial charge in [-0.1, -0.05) is 0 Å². The lowest BCUT2D eigenvalue weighted by Gasteiger charge is -2.27. The number of nitrogens with zero attached hydrogens (tertiary/aromatic N) is 3. The minimum atomic E-state index is -0.746. The van der Waals surface area contributed by atoms with Crippen LogP contribution in [-0.4, -0.2) is 34.9 Å². The van der Waals surface area contributed by atoms with E-state index in [0.29, 0.717) is 29.4 Å². The summed E-state index contributed by atoms with van der Waals surface area (Å²) in [4.78, 5) is 48.6. The minimum absolute atomic E-state index is 0.0994. The van der Waals surface area contributed by atoms with Crippen LogP contribution in [0.25, 0.3) is 0 Å². The molecule has 1 aliphatic rings. The first-order chi connectivity index (χ1) is 17.3. The number of esters is 1. The zero-order chi connectivity index (χ0) is 25.8. The molecule has 1 fully saturated rings. The van der Waals surface area contributed by atoms with Crippen LogP contribution >= 0.6 is 0 Å². The fourth-order valence-electron chi connectivity index (χ4n) is 3.80. The molecule has 11 heteroatoms. The Morgan fingerprint density at radius 1 is 1.17 bits per heavy atom. The van der Waals surface area contributed by atoms with E-state index in [-0.39, 0.29) is 30.2 Å². The van der Waals surface area contributed by atoms with Crippen molar-refractivity contribution in [3.63, 3.8) is 0 Å². The summed E-state index contributed by atoms with van der Waals surface area (Å²) in [5.74, 6) is -0.956. The van der Waals surface area contributed by atoms with Crippen LogP contribution in [0.2, 0.25) is 0 Å². The summed E-state index contributed by atoms with van der Waals surface area (Å²) in [6.45, 7) is 3.36. The molecule has 0 unspecified atom stereocenters. The predicted octanol–water partition coefficient (Wildman–Crippen LogP) is 2.57. The van der Waals surface area contributed by atoms with Crippen molar-refractivity contribution < 1.29 is 28.3 Å². The molecule has 0 bridgehead atoms. The van der Waals surface area contributed by atoms with Crippen molar-refractivity contribution in [1.82, 2.24) is 9.99 Å². The Morgan fingerprint density at radius 3 is 2.58 bits per heavy atom. The zero-order valence-electron chi connectivity index (χ0n) is 19.7. The molecule has 0 radical (unpaired) electrons. The quantitative estimate of drug-likeness (QED) is 0.485. The number of nitriles is 1. The topological polar surface area (TPSA) is 147 Å². The highest BCUT2D eigenvalue weighted by Gasteiger charge is 2.25. The van der Waals surface area contributed by atoms with Gasteiger partial charge < -0.3 is 19.0 Å². The summed E-state index contributed by atoms with van der Waals surface area (Å²) in [5, 5.41) is 13.4. The highest BCUT2D eigenvalue weighted by atomic mass is 16.5. The molecule has 1 aliphatic heterocycles. The molecule has 0 atom stereocenters. The molecule has 3 amide bonds. The van der Waals surface area contributed by atoms with Gasteiger partial charge >= 0.3 is 5.97 Å². The normalized spacial score (nSPS) is 13.2. The van der Waals surface area contributed by atoms with E-state index in [4.69, 9.17) is 9.15 Å². The van der Waals surface area contributed by atoms with Gasteiger partial charge in [-0.15, -0.1) is 0 Å². The lowest BCUT2D eigenvalue weighted by atomic mass is 10.2. The van der Waals surface area contributed by atoms with Gasteiger partial charge in [0.05, 0.1) is 29.6 Å². The Hall–Kier alpha value is -4.85. The van der Waals surface area contributed by atoms with E-state index in [0.717, 1.165) is 16.3 Å². The zero-order valence-corrected chi connectivity index (χ0v) is 19.7. The van der Waals surface area contributed by atoms with Crippen LogP contribution in [0.5, 0.6) is 0 Å². The molecule has 3 heterocycles. The Labute approximate surface area is 206 Å². The van der Waals surface area contributed by atoms with Crippen molar-refractivity contribution >= 4 is 35.2 Å². The van der Waals surface area contributed by atoms with Crippen LogP contribution in [0.1, 0.15) is 45.8 Å². The number of hydrogen-bond donors (Lipinski definition) is 2. The number of hydrogen-bond acceptors (Lipinski definition) is 7. The van der Waals surface area contributed by atoms with Gasteiger partial charge in [-0.25, -0.2) is 9.80 Å². The lowest BCUT2D eigenvalue weighted by Crippen LogP contribution is -2.50. The van der Waals surface area contributed by atoms with Crippen LogP contribution in [0, 0.1) is 25.2 Å². The molecule has 0 spiro atoms. The first-order valence-electron chi connectivity index (χ1n) is 11.1. The average molecular weight is 489 g/mol. The number of benzene rings is 1. The maximum absolute atomic E-state index is 12.6. The molecule has 2 N–H and O–H groups in total. The van der Waals surface area contributed by atoms with Crippen LogP contribution in [0.4, 0.5) is 11.5 Å². The van der Waals surface area contributed by atoms with Gasteiger partial charge in [0.2, 0.25) is 11.8 Å². The van der Waals surface area contributed by atoms with Crippen LogP contribution in [0.15, 0.2) is 47.1 Å². The van der Waals surface area contributed by atoms with Crippen molar-refractivity contribution in [2.24, 2.45) is 0 Å².